The summed E-state index contributed by atoms with van der Waals surface area (Å²) in [5.41, 5.74) is 0. The first-order chi connectivity index (χ1) is 3.46. The van der Waals surface area contributed by atoms with Crippen LogP contribution < -0.4 is 0 Å². The summed E-state index contributed by atoms with van der Waals surface area (Å²) in [6.45, 7) is 0. The van der Waals surface area contributed by atoms with Crippen LogP contribution in [-0.2, 0) is 4.57 Å². The van der Waals surface area contributed by atoms with Crippen molar-refractivity contribution in [2.45, 2.75) is 0 Å². The minimum Gasteiger partial charge on any atom is -0.326 e. The van der Waals surface area contributed by atoms with Gasteiger partial charge in [-0.3, -0.25) is 4.57 Å². The molecule has 0 aromatic carbocycles. The zero-order valence-electron chi connectivity index (χ0n) is 3.38. The van der Waals surface area contributed by atoms with E-state index in [-0.39, 0.29) is 0 Å². The van der Waals surface area contributed by atoms with Gasteiger partial charge < -0.3 is 9.79 Å². The van der Waals surface area contributed by atoms with Gasteiger partial charge in [-0.2, -0.15) is 0 Å². The lowest BCUT2D eigenvalue weighted by Gasteiger charge is -1.68. The molecule has 0 bridgehead atoms. The first-order valence-electron chi connectivity index (χ1n) is 1.16. The molecule has 0 aromatic rings. The lowest BCUT2D eigenvalue weighted by atomic mass is 15.8. The van der Waals surface area contributed by atoms with E-state index in [0.717, 1.165) is 0 Å². The highest BCUT2D eigenvalue weighted by molar-refractivity contribution is 8.20. The van der Waals surface area contributed by atoms with Crippen molar-refractivity contribution in [1.29, 1.82) is 0 Å². The van der Waals surface area contributed by atoms with Crippen molar-refractivity contribution in [1.82, 2.24) is 0 Å². The van der Waals surface area contributed by atoms with E-state index >= 15 is 0 Å². The van der Waals surface area contributed by atoms with Gasteiger partial charge in [0.1, 0.15) is 0 Å². The summed E-state index contributed by atoms with van der Waals surface area (Å²) in [4.78, 5) is 14.3. The molecule has 0 aromatic heterocycles. The second kappa shape index (κ2) is 8.45. The van der Waals surface area contributed by atoms with Crippen LogP contribution in [0.5, 0.6) is 0 Å². The fraction of sp³-hybridized carbons (Fsp3) is 0. The molecule has 0 aliphatic carbocycles. The van der Waals surface area contributed by atoms with E-state index in [1.165, 1.54) is 0 Å². The van der Waals surface area contributed by atoms with Crippen molar-refractivity contribution in [3.63, 3.8) is 0 Å². The van der Waals surface area contributed by atoms with E-state index in [1.807, 2.05) is 0 Å². The van der Waals surface area contributed by atoms with Crippen molar-refractivity contribution < 1.29 is 14.4 Å². The Kier molecular flexibility index (Phi) is 12.8. The predicted molar refractivity (Wildman–Crippen MR) is 37.9 cm³/mol. The third kappa shape index (κ3) is 147. The molecule has 0 fully saturated rings. The van der Waals surface area contributed by atoms with Crippen molar-refractivity contribution in [3.05, 3.63) is 0 Å². The molecule has 52 valence electrons. The fourth-order valence-electron chi connectivity index (χ4n) is 0. The van der Waals surface area contributed by atoms with Gasteiger partial charge in [-0.1, -0.05) is 33.7 Å². The topological polar surface area (TPSA) is 57.5 Å². The van der Waals surface area contributed by atoms with Crippen LogP contribution in [0.2, 0.25) is 0 Å². The molecule has 3 nitrogen and oxygen atoms in total. The van der Waals surface area contributed by atoms with Gasteiger partial charge in [-0.05, 0) is 0 Å². The average molecular weight is 219 g/mol. The summed E-state index contributed by atoms with van der Waals surface area (Å²) in [7, 11) is -3.13. The summed E-state index contributed by atoms with van der Waals surface area (Å²) in [6, 6.07) is 0. The van der Waals surface area contributed by atoms with Crippen molar-refractivity contribution >= 4 is 48.0 Å². The standard InChI is InChI=1S/Cl3P.H3O3P/c2*1-4(2)3/h;4H,(H2,1,2,3). The molecule has 0 aliphatic rings. The fourth-order valence-corrected chi connectivity index (χ4v) is 0. The first-order valence-corrected chi connectivity index (χ1v) is 6.52. The largest absolute Gasteiger partial charge is 0.326 e. The van der Waals surface area contributed by atoms with Gasteiger partial charge in [-0.15, -0.1) is 0 Å². The lowest BCUT2D eigenvalue weighted by Crippen LogP contribution is -1.38. The number of hydrogen-bond donors (Lipinski definition) is 2. The zero-order chi connectivity index (χ0) is 7.15. The smallest absolute Gasteiger partial charge is 0.314 e. The van der Waals surface area contributed by atoms with Crippen LogP contribution in [0.4, 0.5) is 0 Å². The van der Waals surface area contributed by atoms with Crippen LogP contribution >= 0.6 is 48.0 Å². The average Bonchev–Trinajstić information content (AvgIpc) is 1.25. The molecule has 0 rings (SSSR count). The summed E-state index contributed by atoms with van der Waals surface area (Å²) in [5.74, 6) is -1.20. The van der Waals surface area contributed by atoms with Gasteiger partial charge in [0.25, 0.3) is 0 Å². The highest BCUT2D eigenvalue weighted by atomic mass is 36.0. The van der Waals surface area contributed by atoms with E-state index in [2.05, 4.69) is 0 Å². The van der Waals surface area contributed by atoms with E-state index in [4.69, 9.17) is 48.1 Å². The normalized spacial score (nSPS) is 8.88. The molecule has 0 aliphatic heterocycles. The van der Waals surface area contributed by atoms with Crippen molar-refractivity contribution in [2.75, 3.05) is 0 Å². The predicted octanol–water partition coefficient (Wildman–Crippen LogP) is 2.29. The molecule has 0 atom stereocenters. The Labute approximate surface area is 62.6 Å². The maximum Gasteiger partial charge on any atom is 0.314 e. The number of halogens is 3. The lowest BCUT2D eigenvalue weighted by molar-refractivity contribution is 0.405. The molecule has 0 amide bonds. The van der Waals surface area contributed by atoms with E-state index in [1.54, 1.807) is 0 Å². The number of hydrogen-bond acceptors (Lipinski definition) is 1. The molecular formula is H3Cl3O3P2. The maximum atomic E-state index is 8.74. The molecule has 2 N–H and O–H groups in total. The molecule has 0 saturated heterocycles. The van der Waals surface area contributed by atoms with Crippen LogP contribution in [0.3, 0.4) is 0 Å². The van der Waals surface area contributed by atoms with Crippen LogP contribution in [0, 0.1) is 0 Å². The van der Waals surface area contributed by atoms with Gasteiger partial charge in [0.15, 0.2) is 5.98 Å². The third-order valence-electron chi connectivity index (χ3n) is 0. The molecular weight excluding hydrogens is 216 g/mol. The molecule has 0 saturated carbocycles. The molecule has 0 radical (unpaired) electrons. The Bertz CT molecular complexity index is 56.8. The van der Waals surface area contributed by atoms with Gasteiger partial charge in [0.05, 0.1) is 0 Å². The van der Waals surface area contributed by atoms with Crippen LogP contribution in [0.15, 0.2) is 0 Å². The van der Waals surface area contributed by atoms with E-state index in [0.29, 0.717) is 0 Å². The highest BCUT2D eigenvalue weighted by Gasteiger charge is 1.80. The Morgan fingerprint density at radius 2 is 1.25 bits per heavy atom. The van der Waals surface area contributed by atoms with Crippen LogP contribution in [0.25, 0.3) is 0 Å². The van der Waals surface area contributed by atoms with Gasteiger partial charge >= 0.3 is 8.25 Å². The van der Waals surface area contributed by atoms with Crippen LogP contribution in [0.1, 0.15) is 0 Å². The first kappa shape index (κ1) is 12.2. The van der Waals surface area contributed by atoms with Crippen LogP contribution in [-0.4, -0.2) is 9.79 Å². The number of rotatable bonds is 0. The molecule has 0 unspecified atom stereocenters. The Balaban J connectivity index is 0. The summed E-state index contributed by atoms with van der Waals surface area (Å²) < 4.78 is 8.74. The highest BCUT2D eigenvalue weighted by Crippen LogP contribution is 2.51. The van der Waals surface area contributed by atoms with E-state index in [9.17, 15) is 0 Å². The Morgan fingerprint density at radius 3 is 1.25 bits per heavy atom. The van der Waals surface area contributed by atoms with Gasteiger partial charge in [0.2, 0.25) is 0 Å². The minimum atomic E-state index is -3.13. The minimum absolute atomic E-state index is 1.20. The molecule has 8 heavy (non-hydrogen) atoms. The Hall–Kier alpha value is 1.45. The SMILES string of the molecule is ClP(Cl)Cl.O=[PH](O)O. The summed E-state index contributed by atoms with van der Waals surface area (Å²) in [6.07, 6.45) is 0. The monoisotopic (exact) mass is 218 g/mol. The third-order valence-corrected chi connectivity index (χ3v) is 0. The maximum absolute atomic E-state index is 8.74. The zero-order valence-corrected chi connectivity index (χ0v) is 7.55. The molecule has 8 heteroatoms. The van der Waals surface area contributed by atoms with E-state index < -0.39 is 14.2 Å². The van der Waals surface area contributed by atoms with Crippen molar-refractivity contribution in [2.24, 2.45) is 0 Å². The van der Waals surface area contributed by atoms with Crippen molar-refractivity contribution in [3.8, 4) is 0 Å². The van der Waals surface area contributed by atoms with Gasteiger partial charge in [-0.25, -0.2) is 0 Å². The van der Waals surface area contributed by atoms with Gasteiger partial charge in [0, 0.05) is 0 Å². The summed E-state index contributed by atoms with van der Waals surface area (Å²) >= 11 is 14.6. The molecule has 0 spiro atoms. The molecule has 0 heterocycles. The second-order valence-corrected chi connectivity index (χ2v) is 6.02. The quantitative estimate of drug-likeness (QED) is 0.615. The Morgan fingerprint density at radius 1 is 1.25 bits per heavy atom. The summed E-state index contributed by atoms with van der Waals surface area (Å²) in [5, 5.41) is 0. The second-order valence-electron chi connectivity index (χ2n) is 0.474.